The molecule has 3 heterocycles. The molecule has 28 heavy (non-hydrogen) atoms. The number of halogens is 1. The molecule has 0 aliphatic heterocycles. The molecule has 0 N–H and O–H groups in total. The molecular formula is C21H12BrN3OS2. The second-order valence-electron chi connectivity index (χ2n) is 5.98. The first-order valence-electron chi connectivity index (χ1n) is 8.45. The summed E-state index contributed by atoms with van der Waals surface area (Å²) in [6.45, 7) is 0. The lowest BCUT2D eigenvalue weighted by molar-refractivity contribution is 0.547. The van der Waals surface area contributed by atoms with Gasteiger partial charge in [0.2, 0.25) is 10.7 Å². The molecular weight excluding hydrogens is 454 g/mol. The Bertz CT molecular complexity index is 1330. The van der Waals surface area contributed by atoms with E-state index in [-0.39, 0.29) is 0 Å². The Labute approximate surface area is 177 Å². The van der Waals surface area contributed by atoms with Crippen LogP contribution in [0.4, 0.5) is 5.13 Å². The van der Waals surface area contributed by atoms with Crippen molar-refractivity contribution in [2.24, 2.45) is 4.99 Å². The maximum Gasteiger partial charge on any atom is 0.232 e. The molecule has 7 heteroatoms. The van der Waals surface area contributed by atoms with E-state index >= 15 is 0 Å². The molecule has 0 bridgehead atoms. The van der Waals surface area contributed by atoms with E-state index in [1.807, 2.05) is 41.8 Å². The van der Waals surface area contributed by atoms with Crippen LogP contribution in [0.1, 0.15) is 0 Å². The van der Waals surface area contributed by atoms with Crippen LogP contribution in [0, 0.1) is 0 Å². The Kier molecular flexibility index (Phi) is 4.64. The van der Waals surface area contributed by atoms with E-state index in [2.05, 4.69) is 49.5 Å². The topological polar surface area (TPSA) is 51.3 Å². The molecule has 0 aliphatic rings. The first-order chi connectivity index (χ1) is 13.8. The summed E-state index contributed by atoms with van der Waals surface area (Å²) in [5.41, 5.74) is 4.16. The SMILES string of the molecule is Brc1ccc2o/c(=N\c3nccs3)c(-c3nc(-c4ccccc4)cs3)cc2c1. The number of aromatic nitrogens is 2. The monoisotopic (exact) mass is 465 g/mol. The molecule has 136 valence electrons. The number of nitrogens with zero attached hydrogens (tertiary/aromatic N) is 3. The number of benzene rings is 2. The maximum atomic E-state index is 6.14. The van der Waals surface area contributed by atoms with Gasteiger partial charge in [-0.1, -0.05) is 46.3 Å². The molecule has 5 aromatic rings. The van der Waals surface area contributed by atoms with Gasteiger partial charge in [0.25, 0.3) is 0 Å². The van der Waals surface area contributed by atoms with E-state index in [1.165, 1.54) is 11.3 Å². The van der Waals surface area contributed by atoms with Gasteiger partial charge in [-0.3, -0.25) is 0 Å². The van der Waals surface area contributed by atoms with Crippen molar-refractivity contribution >= 4 is 54.7 Å². The van der Waals surface area contributed by atoms with E-state index in [1.54, 1.807) is 17.5 Å². The molecule has 0 fully saturated rings. The summed E-state index contributed by atoms with van der Waals surface area (Å²) in [7, 11) is 0. The molecule has 0 aliphatic carbocycles. The van der Waals surface area contributed by atoms with Crippen molar-refractivity contribution in [3.63, 3.8) is 0 Å². The van der Waals surface area contributed by atoms with Crippen molar-refractivity contribution < 1.29 is 4.42 Å². The summed E-state index contributed by atoms with van der Waals surface area (Å²) < 4.78 is 7.13. The van der Waals surface area contributed by atoms with Gasteiger partial charge < -0.3 is 4.42 Å². The Morgan fingerprint density at radius 3 is 2.71 bits per heavy atom. The molecule has 0 atom stereocenters. The number of thiazole rings is 2. The van der Waals surface area contributed by atoms with Crippen LogP contribution in [0.2, 0.25) is 0 Å². The second kappa shape index (κ2) is 7.43. The molecule has 0 spiro atoms. The Morgan fingerprint density at radius 1 is 1.00 bits per heavy atom. The molecule has 0 amide bonds. The Hall–Kier alpha value is -2.61. The summed E-state index contributed by atoms with van der Waals surface area (Å²) >= 11 is 6.58. The quantitative estimate of drug-likeness (QED) is 0.298. The summed E-state index contributed by atoms with van der Waals surface area (Å²) in [6.07, 6.45) is 1.73. The van der Waals surface area contributed by atoms with Gasteiger partial charge >= 0.3 is 0 Å². The van der Waals surface area contributed by atoms with Crippen molar-refractivity contribution in [3.8, 4) is 21.8 Å². The summed E-state index contributed by atoms with van der Waals surface area (Å²) in [6, 6.07) is 18.1. The third-order valence-electron chi connectivity index (χ3n) is 4.13. The molecule has 0 saturated carbocycles. The molecule has 0 saturated heterocycles. The van der Waals surface area contributed by atoms with Crippen molar-refractivity contribution in [2.75, 3.05) is 0 Å². The van der Waals surface area contributed by atoms with Crippen LogP contribution in [0.25, 0.3) is 32.8 Å². The number of fused-ring (bicyclic) bond motifs is 1. The normalized spacial score (nSPS) is 12.0. The van der Waals surface area contributed by atoms with E-state index in [9.17, 15) is 0 Å². The largest absolute Gasteiger partial charge is 0.438 e. The van der Waals surface area contributed by atoms with Gasteiger partial charge in [0.15, 0.2) is 0 Å². The van der Waals surface area contributed by atoms with E-state index in [0.29, 0.717) is 10.7 Å². The van der Waals surface area contributed by atoms with Gasteiger partial charge in [-0.15, -0.1) is 22.7 Å². The zero-order valence-corrected chi connectivity index (χ0v) is 17.6. The van der Waals surface area contributed by atoms with Gasteiger partial charge in [-0.05, 0) is 24.3 Å². The fraction of sp³-hybridized carbons (Fsp3) is 0. The van der Waals surface area contributed by atoms with E-state index in [0.717, 1.165) is 37.3 Å². The first kappa shape index (κ1) is 17.5. The highest BCUT2D eigenvalue weighted by molar-refractivity contribution is 9.10. The van der Waals surface area contributed by atoms with Crippen LogP contribution in [0.5, 0.6) is 0 Å². The fourth-order valence-corrected chi connectivity index (χ4v) is 4.55. The fourth-order valence-electron chi connectivity index (χ4n) is 2.83. The lowest BCUT2D eigenvalue weighted by atomic mass is 10.1. The molecule has 0 radical (unpaired) electrons. The Morgan fingerprint density at radius 2 is 1.89 bits per heavy atom. The van der Waals surface area contributed by atoms with Crippen molar-refractivity contribution in [3.05, 3.63) is 81.6 Å². The lowest BCUT2D eigenvalue weighted by Crippen LogP contribution is -2.05. The average Bonchev–Trinajstić information content (AvgIpc) is 3.40. The third-order valence-corrected chi connectivity index (χ3v) is 6.16. The minimum Gasteiger partial charge on any atom is -0.438 e. The van der Waals surface area contributed by atoms with Gasteiger partial charge in [-0.2, -0.15) is 4.99 Å². The van der Waals surface area contributed by atoms with E-state index in [4.69, 9.17) is 9.40 Å². The highest BCUT2D eigenvalue weighted by Crippen LogP contribution is 2.30. The zero-order valence-electron chi connectivity index (χ0n) is 14.4. The van der Waals surface area contributed by atoms with Gasteiger partial charge in [0.05, 0.1) is 11.3 Å². The maximum absolute atomic E-state index is 6.14. The highest BCUT2D eigenvalue weighted by Gasteiger charge is 2.13. The summed E-state index contributed by atoms with van der Waals surface area (Å²) in [5, 5.41) is 6.45. The zero-order chi connectivity index (χ0) is 18.9. The highest BCUT2D eigenvalue weighted by atomic mass is 79.9. The van der Waals surface area contributed by atoms with Gasteiger partial charge in [0, 0.05) is 32.4 Å². The number of rotatable bonds is 3. The van der Waals surface area contributed by atoms with Gasteiger partial charge in [0.1, 0.15) is 10.6 Å². The van der Waals surface area contributed by atoms with Crippen LogP contribution in [0.15, 0.2) is 85.4 Å². The second-order valence-corrected chi connectivity index (χ2v) is 8.62. The number of hydrogen-bond donors (Lipinski definition) is 0. The van der Waals surface area contributed by atoms with Crippen LogP contribution < -0.4 is 5.55 Å². The summed E-state index contributed by atoms with van der Waals surface area (Å²) in [4.78, 5) is 13.7. The van der Waals surface area contributed by atoms with E-state index < -0.39 is 0 Å². The van der Waals surface area contributed by atoms with Gasteiger partial charge in [-0.25, -0.2) is 9.97 Å². The van der Waals surface area contributed by atoms with Crippen LogP contribution >= 0.6 is 38.6 Å². The molecule has 0 unspecified atom stereocenters. The lowest BCUT2D eigenvalue weighted by Gasteiger charge is -2.03. The standard InChI is InChI=1S/C21H12BrN3OS2/c22-15-6-7-18-14(10-15)11-16(19(26-18)25-21-23-8-9-27-21)20-24-17(12-28-20)13-4-2-1-3-5-13/h1-12H/b25-19-. The third kappa shape index (κ3) is 3.44. The predicted molar refractivity (Wildman–Crippen MR) is 118 cm³/mol. The number of hydrogen-bond acceptors (Lipinski definition) is 6. The molecule has 4 nitrogen and oxygen atoms in total. The summed E-state index contributed by atoms with van der Waals surface area (Å²) in [5.74, 6) is 0. The minimum absolute atomic E-state index is 0.513. The van der Waals surface area contributed by atoms with Crippen molar-refractivity contribution in [1.29, 1.82) is 0 Å². The van der Waals surface area contributed by atoms with Crippen LogP contribution in [-0.4, -0.2) is 9.97 Å². The first-order valence-corrected chi connectivity index (χ1v) is 11.0. The van der Waals surface area contributed by atoms with Crippen LogP contribution in [-0.2, 0) is 0 Å². The van der Waals surface area contributed by atoms with Crippen molar-refractivity contribution in [1.82, 2.24) is 9.97 Å². The van der Waals surface area contributed by atoms with Crippen molar-refractivity contribution in [2.45, 2.75) is 0 Å². The molecule has 3 aromatic heterocycles. The smallest absolute Gasteiger partial charge is 0.232 e. The molecule has 2 aromatic carbocycles. The minimum atomic E-state index is 0.513. The van der Waals surface area contributed by atoms with Crippen LogP contribution in [0.3, 0.4) is 0 Å². The Balaban J connectivity index is 1.72. The molecule has 5 rings (SSSR count). The predicted octanol–water partition coefficient (Wildman–Crippen LogP) is 6.67. The average molecular weight is 466 g/mol.